The van der Waals surface area contributed by atoms with Crippen LogP contribution >= 0.6 is 50.5 Å². The molecule has 0 bridgehead atoms. The van der Waals surface area contributed by atoms with Crippen LogP contribution in [0.25, 0.3) is 0 Å². The standard InChI is InChI=1S/C12H10BrCl2NS/c1-6-7(3-2-4-9(6)13)11(16)8-5-10(14)17-12(8)15/h2-5,11H,16H2,1H3. The van der Waals surface area contributed by atoms with Gasteiger partial charge in [0.1, 0.15) is 0 Å². The molecule has 1 unspecified atom stereocenters. The Morgan fingerprint density at radius 1 is 1.29 bits per heavy atom. The molecule has 2 N–H and O–H groups in total. The van der Waals surface area contributed by atoms with Gasteiger partial charge in [-0.3, -0.25) is 0 Å². The molecular weight excluding hydrogens is 341 g/mol. The SMILES string of the molecule is Cc1c(Br)cccc1C(N)c1cc(Cl)sc1Cl. The Hall–Kier alpha value is -0.0600. The van der Waals surface area contributed by atoms with E-state index in [2.05, 4.69) is 15.9 Å². The minimum Gasteiger partial charge on any atom is -0.320 e. The summed E-state index contributed by atoms with van der Waals surface area (Å²) in [6, 6.07) is 7.55. The van der Waals surface area contributed by atoms with Gasteiger partial charge in [0, 0.05) is 10.0 Å². The first-order chi connectivity index (χ1) is 8.00. The van der Waals surface area contributed by atoms with Gasteiger partial charge in [-0.05, 0) is 30.2 Å². The first kappa shape index (κ1) is 13.4. The monoisotopic (exact) mass is 349 g/mol. The van der Waals surface area contributed by atoms with Crippen molar-refractivity contribution in [3.05, 3.63) is 54.1 Å². The van der Waals surface area contributed by atoms with E-state index in [0.717, 1.165) is 21.2 Å². The number of rotatable bonds is 2. The van der Waals surface area contributed by atoms with Gasteiger partial charge in [-0.1, -0.05) is 51.3 Å². The average Bonchev–Trinajstić information content (AvgIpc) is 2.61. The topological polar surface area (TPSA) is 26.0 Å². The zero-order chi connectivity index (χ0) is 12.6. The molecule has 0 spiro atoms. The van der Waals surface area contributed by atoms with E-state index in [4.69, 9.17) is 28.9 Å². The van der Waals surface area contributed by atoms with Crippen LogP contribution in [0.4, 0.5) is 0 Å². The van der Waals surface area contributed by atoms with Gasteiger partial charge in [0.2, 0.25) is 0 Å². The van der Waals surface area contributed by atoms with Crippen LogP contribution in [-0.4, -0.2) is 0 Å². The quantitative estimate of drug-likeness (QED) is 0.793. The maximum atomic E-state index is 6.24. The van der Waals surface area contributed by atoms with Crippen LogP contribution in [0, 0.1) is 6.92 Å². The third-order valence-electron chi connectivity index (χ3n) is 2.66. The van der Waals surface area contributed by atoms with Crippen LogP contribution in [0.15, 0.2) is 28.7 Å². The van der Waals surface area contributed by atoms with Crippen LogP contribution in [0.3, 0.4) is 0 Å². The van der Waals surface area contributed by atoms with Gasteiger partial charge in [-0.15, -0.1) is 11.3 Å². The summed E-state index contributed by atoms with van der Waals surface area (Å²) in [6.45, 7) is 2.03. The second-order valence-electron chi connectivity index (χ2n) is 3.71. The molecule has 0 amide bonds. The van der Waals surface area contributed by atoms with E-state index in [1.54, 1.807) is 0 Å². The van der Waals surface area contributed by atoms with Crippen molar-refractivity contribution in [1.82, 2.24) is 0 Å². The third kappa shape index (κ3) is 2.69. The Balaban J connectivity index is 2.47. The summed E-state index contributed by atoms with van der Waals surface area (Å²) in [7, 11) is 0. The fraction of sp³-hybridized carbons (Fsp3) is 0.167. The van der Waals surface area contributed by atoms with E-state index in [0.29, 0.717) is 8.67 Å². The van der Waals surface area contributed by atoms with Gasteiger partial charge in [-0.2, -0.15) is 0 Å². The highest BCUT2D eigenvalue weighted by molar-refractivity contribution is 9.10. The molecule has 2 rings (SSSR count). The molecule has 0 aliphatic heterocycles. The second-order valence-corrected chi connectivity index (χ2v) is 6.85. The zero-order valence-corrected chi connectivity index (χ0v) is 12.9. The Bertz CT molecular complexity index is 553. The molecule has 1 aromatic heterocycles. The number of benzene rings is 1. The summed E-state index contributed by atoms with van der Waals surface area (Å²) in [6.07, 6.45) is 0. The van der Waals surface area contributed by atoms with Crippen molar-refractivity contribution >= 4 is 50.5 Å². The van der Waals surface area contributed by atoms with Crippen LogP contribution in [0.2, 0.25) is 8.67 Å². The van der Waals surface area contributed by atoms with Crippen molar-refractivity contribution in [2.45, 2.75) is 13.0 Å². The molecule has 1 atom stereocenters. The molecule has 0 aliphatic rings. The van der Waals surface area contributed by atoms with E-state index in [-0.39, 0.29) is 6.04 Å². The smallest absolute Gasteiger partial charge is 0.0995 e. The van der Waals surface area contributed by atoms with Crippen molar-refractivity contribution in [2.24, 2.45) is 5.73 Å². The summed E-state index contributed by atoms with van der Waals surface area (Å²) in [5, 5.41) is 0. The molecule has 0 fully saturated rings. The molecule has 2 aromatic rings. The van der Waals surface area contributed by atoms with Crippen molar-refractivity contribution < 1.29 is 0 Å². The van der Waals surface area contributed by atoms with Gasteiger partial charge in [0.05, 0.1) is 14.7 Å². The Labute approximate surface area is 123 Å². The number of halogens is 3. The lowest BCUT2D eigenvalue weighted by Crippen LogP contribution is -2.13. The summed E-state index contributed by atoms with van der Waals surface area (Å²) in [5.41, 5.74) is 9.30. The van der Waals surface area contributed by atoms with E-state index in [9.17, 15) is 0 Å². The van der Waals surface area contributed by atoms with Crippen LogP contribution in [-0.2, 0) is 0 Å². The number of hydrogen-bond donors (Lipinski definition) is 1. The Kier molecular flexibility index (Phi) is 4.16. The molecule has 0 aliphatic carbocycles. The zero-order valence-electron chi connectivity index (χ0n) is 9.01. The van der Waals surface area contributed by atoms with Gasteiger partial charge in [-0.25, -0.2) is 0 Å². The average molecular weight is 351 g/mol. The first-order valence-electron chi connectivity index (χ1n) is 4.96. The van der Waals surface area contributed by atoms with Crippen molar-refractivity contribution in [1.29, 1.82) is 0 Å². The van der Waals surface area contributed by atoms with Crippen molar-refractivity contribution in [3.63, 3.8) is 0 Å². The third-order valence-corrected chi connectivity index (χ3v) is 5.04. The Morgan fingerprint density at radius 3 is 2.59 bits per heavy atom. The molecule has 17 heavy (non-hydrogen) atoms. The molecular formula is C12H10BrCl2NS. The maximum absolute atomic E-state index is 6.24. The van der Waals surface area contributed by atoms with E-state index in [1.165, 1.54) is 11.3 Å². The van der Waals surface area contributed by atoms with E-state index >= 15 is 0 Å². The summed E-state index contributed by atoms with van der Waals surface area (Å²) >= 11 is 16.9. The van der Waals surface area contributed by atoms with Crippen LogP contribution in [0.5, 0.6) is 0 Å². The normalized spacial score (nSPS) is 12.8. The van der Waals surface area contributed by atoms with Gasteiger partial charge >= 0.3 is 0 Å². The van der Waals surface area contributed by atoms with Crippen molar-refractivity contribution in [3.8, 4) is 0 Å². The molecule has 1 aromatic carbocycles. The van der Waals surface area contributed by atoms with Gasteiger partial charge < -0.3 is 5.73 Å². The minimum atomic E-state index is -0.247. The predicted molar refractivity (Wildman–Crippen MR) is 79.2 cm³/mol. The molecule has 0 radical (unpaired) electrons. The lowest BCUT2D eigenvalue weighted by molar-refractivity contribution is 0.865. The number of thiophene rings is 1. The van der Waals surface area contributed by atoms with Crippen LogP contribution < -0.4 is 5.73 Å². The molecule has 0 saturated carbocycles. The molecule has 1 nitrogen and oxygen atoms in total. The number of hydrogen-bond acceptors (Lipinski definition) is 2. The Morgan fingerprint density at radius 2 is 2.00 bits per heavy atom. The van der Waals surface area contributed by atoms with Gasteiger partial charge in [0.25, 0.3) is 0 Å². The lowest BCUT2D eigenvalue weighted by atomic mass is 9.98. The first-order valence-corrected chi connectivity index (χ1v) is 7.32. The highest BCUT2D eigenvalue weighted by atomic mass is 79.9. The highest BCUT2D eigenvalue weighted by Gasteiger charge is 2.17. The number of nitrogens with two attached hydrogens (primary N) is 1. The second kappa shape index (κ2) is 5.29. The fourth-order valence-electron chi connectivity index (χ4n) is 1.69. The van der Waals surface area contributed by atoms with E-state index in [1.807, 2.05) is 31.2 Å². The predicted octanol–water partition coefficient (Wildman–Crippen LogP) is 5.17. The van der Waals surface area contributed by atoms with Crippen LogP contribution in [0.1, 0.15) is 22.7 Å². The molecule has 1 heterocycles. The summed E-state index contributed by atoms with van der Waals surface area (Å²) in [5.74, 6) is 0. The molecule has 90 valence electrons. The minimum absolute atomic E-state index is 0.247. The molecule has 5 heteroatoms. The largest absolute Gasteiger partial charge is 0.320 e. The van der Waals surface area contributed by atoms with E-state index < -0.39 is 0 Å². The summed E-state index contributed by atoms with van der Waals surface area (Å²) in [4.78, 5) is 0. The fourth-order valence-corrected chi connectivity index (χ4v) is 3.62. The maximum Gasteiger partial charge on any atom is 0.0995 e. The summed E-state index contributed by atoms with van der Waals surface area (Å²) < 4.78 is 2.36. The highest BCUT2D eigenvalue weighted by Crippen LogP contribution is 2.37. The van der Waals surface area contributed by atoms with Gasteiger partial charge in [0.15, 0.2) is 0 Å². The lowest BCUT2D eigenvalue weighted by Gasteiger charge is -2.15. The molecule has 0 saturated heterocycles. The van der Waals surface area contributed by atoms with Crippen molar-refractivity contribution in [2.75, 3.05) is 0 Å².